The van der Waals surface area contributed by atoms with Crippen LogP contribution in [0.3, 0.4) is 0 Å². The number of carboxylic acids is 2. The normalized spacial score (nSPS) is 11.6. The van der Waals surface area contributed by atoms with Crippen LogP contribution in [0.15, 0.2) is 12.2 Å². The van der Waals surface area contributed by atoms with Gasteiger partial charge in [-0.1, -0.05) is 161 Å². The van der Waals surface area contributed by atoms with Crippen molar-refractivity contribution in [2.45, 2.75) is 206 Å². The molecule has 0 spiro atoms. The molecule has 0 bridgehead atoms. The van der Waals surface area contributed by atoms with Crippen molar-refractivity contribution in [3.05, 3.63) is 12.2 Å². The maximum atomic E-state index is 10.2. The van der Waals surface area contributed by atoms with Crippen LogP contribution in [0, 0.1) is 0 Å². The van der Waals surface area contributed by atoms with Gasteiger partial charge in [0, 0.05) is 11.9 Å². The molecule has 244 valence electrons. The number of aliphatic hydroxyl groups excluding tert-OH is 1. The summed E-state index contributed by atoms with van der Waals surface area (Å²) in [5, 5.41) is 30.2. The average molecular weight is 646 g/mol. The van der Waals surface area contributed by atoms with Gasteiger partial charge in [0.25, 0.3) is 0 Å². The van der Waals surface area contributed by atoms with E-state index in [9.17, 15) is 24.9 Å². The minimum atomic E-state index is -0.939. The fraction of sp³-hybridized carbons (Fsp3) is 0.889. The minimum absolute atomic E-state index is 0. The summed E-state index contributed by atoms with van der Waals surface area (Å²) in [7, 11) is 0. The van der Waals surface area contributed by atoms with Gasteiger partial charge < -0.3 is 24.9 Å². The zero-order chi connectivity index (χ0) is 30.7. The van der Waals surface area contributed by atoms with Gasteiger partial charge in [-0.2, -0.15) is 0 Å². The van der Waals surface area contributed by atoms with Crippen molar-refractivity contribution in [3.63, 3.8) is 0 Å². The van der Waals surface area contributed by atoms with Crippen LogP contribution in [0.25, 0.3) is 0 Å². The summed E-state index contributed by atoms with van der Waals surface area (Å²) < 4.78 is 0. The summed E-state index contributed by atoms with van der Waals surface area (Å²) >= 11 is 0. The third kappa shape index (κ3) is 46.2. The first kappa shape index (κ1) is 45.7. The van der Waals surface area contributed by atoms with Crippen molar-refractivity contribution >= 4 is 11.9 Å². The standard InChI is InChI=1S/C18H34O3.C18H36O2.Zn/c1-2-3-4-11-14-17(19)15-12-9-7-5-6-8-10-13-16-18(20)21;1-2-3-4-5-6-7-8-9-10-11-12-13-14-15-16-17-18(19)20;/h9,12,17,19H,2-8,10-11,13-16H2,1H3,(H,20,21);2-17H2,1H3,(H,19,20);/q;;+2/p-2/b12-9-;;/t17-;;/m1../s1. The van der Waals surface area contributed by atoms with Crippen molar-refractivity contribution in [3.8, 4) is 0 Å². The van der Waals surface area contributed by atoms with E-state index in [2.05, 4.69) is 26.0 Å². The number of allylic oxidation sites excluding steroid dienone is 1. The van der Waals surface area contributed by atoms with Crippen LogP contribution >= 0.6 is 0 Å². The quantitative estimate of drug-likeness (QED) is 0.0461. The maximum absolute atomic E-state index is 10.2. The number of carbonyl (C=O) groups is 2. The average Bonchev–Trinajstić information content (AvgIpc) is 2.94. The maximum Gasteiger partial charge on any atom is 2.00 e. The summed E-state index contributed by atoms with van der Waals surface area (Å²) in [5.74, 6) is -1.84. The molecule has 0 rings (SSSR count). The molecule has 0 saturated carbocycles. The van der Waals surface area contributed by atoms with Crippen LogP contribution in [0.5, 0.6) is 0 Å². The third-order valence-corrected chi connectivity index (χ3v) is 7.70. The number of hydrogen-bond donors (Lipinski definition) is 1. The van der Waals surface area contributed by atoms with Crippen LogP contribution < -0.4 is 10.2 Å². The molecule has 1 N–H and O–H groups in total. The van der Waals surface area contributed by atoms with Crippen molar-refractivity contribution in [2.24, 2.45) is 0 Å². The molecule has 0 aromatic heterocycles. The molecule has 0 saturated heterocycles. The third-order valence-electron chi connectivity index (χ3n) is 7.70. The second-order valence-corrected chi connectivity index (χ2v) is 12.0. The molecular weight excluding hydrogens is 578 g/mol. The number of carboxylic acid groups (broad SMARTS) is 2. The molecule has 0 aliphatic carbocycles. The number of hydrogen-bond acceptors (Lipinski definition) is 5. The first-order chi connectivity index (χ1) is 19.9. The van der Waals surface area contributed by atoms with E-state index in [1.165, 1.54) is 103 Å². The van der Waals surface area contributed by atoms with Crippen molar-refractivity contribution in [1.82, 2.24) is 0 Å². The monoisotopic (exact) mass is 644 g/mol. The Morgan fingerprint density at radius 2 is 0.857 bits per heavy atom. The Hall–Kier alpha value is -0.737. The van der Waals surface area contributed by atoms with E-state index in [1.54, 1.807) is 0 Å². The van der Waals surface area contributed by atoms with E-state index in [1.807, 2.05) is 0 Å². The molecule has 5 nitrogen and oxygen atoms in total. The molecule has 42 heavy (non-hydrogen) atoms. The van der Waals surface area contributed by atoms with Gasteiger partial charge in [0.1, 0.15) is 0 Å². The summed E-state index contributed by atoms with van der Waals surface area (Å²) in [6, 6.07) is 0. The van der Waals surface area contributed by atoms with E-state index in [4.69, 9.17) is 0 Å². The van der Waals surface area contributed by atoms with Gasteiger partial charge in [0.05, 0.1) is 6.10 Å². The molecule has 6 heteroatoms. The molecule has 0 aliphatic heterocycles. The van der Waals surface area contributed by atoms with Gasteiger partial charge in [0.15, 0.2) is 0 Å². The zero-order valence-electron chi connectivity index (χ0n) is 28.0. The second-order valence-electron chi connectivity index (χ2n) is 12.0. The Balaban J connectivity index is -0.000000708. The number of aliphatic hydroxyl groups is 1. The minimum Gasteiger partial charge on any atom is -0.550 e. The molecule has 0 heterocycles. The number of carbonyl (C=O) groups excluding carboxylic acids is 2. The molecule has 0 radical (unpaired) electrons. The fourth-order valence-electron chi connectivity index (χ4n) is 5.00. The van der Waals surface area contributed by atoms with E-state index in [0.29, 0.717) is 0 Å². The summed E-state index contributed by atoms with van der Waals surface area (Å²) in [6.07, 6.45) is 36.9. The van der Waals surface area contributed by atoms with Crippen LogP contribution in [0.1, 0.15) is 200 Å². The Bertz CT molecular complexity index is 567. The topological polar surface area (TPSA) is 100 Å². The molecule has 0 aromatic carbocycles. The largest absolute Gasteiger partial charge is 2.00 e. The van der Waals surface area contributed by atoms with E-state index < -0.39 is 11.9 Å². The van der Waals surface area contributed by atoms with Gasteiger partial charge in [-0.15, -0.1) is 0 Å². The van der Waals surface area contributed by atoms with Gasteiger partial charge in [-0.05, 0) is 51.4 Å². The molecule has 0 unspecified atom stereocenters. The molecular formula is C36H68O5Zn. The van der Waals surface area contributed by atoms with Gasteiger partial charge in [0.2, 0.25) is 0 Å². The Morgan fingerprint density at radius 3 is 1.24 bits per heavy atom. The molecule has 0 aliphatic rings. The zero-order valence-corrected chi connectivity index (χ0v) is 31.0. The van der Waals surface area contributed by atoms with Crippen LogP contribution in [0.2, 0.25) is 0 Å². The summed E-state index contributed by atoms with van der Waals surface area (Å²) in [5.41, 5.74) is 0. The van der Waals surface area contributed by atoms with Gasteiger partial charge >= 0.3 is 19.5 Å². The predicted molar refractivity (Wildman–Crippen MR) is 170 cm³/mol. The van der Waals surface area contributed by atoms with Crippen LogP contribution in [-0.2, 0) is 29.1 Å². The van der Waals surface area contributed by atoms with E-state index in [-0.39, 0.29) is 38.4 Å². The fourth-order valence-corrected chi connectivity index (χ4v) is 5.00. The van der Waals surface area contributed by atoms with Crippen molar-refractivity contribution in [1.29, 1.82) is 0 Å². The molecule has 0 aromatic rings. The van der Waals surface area contributed by atoms with Crippen LogP contribution in [-0.4, -0.2) is 23.1 Å². The molecule has 1 atom stereocenters. The van der Waals surface area contributed by atoms with Crippen molar-refractivity contribution in [2.75, 3.05) is 0 Å². The van der Waals surface area contributed by atoms with E-state index >= 15 is 0 Å². The molecule has 0 amide bonds. The Morgan fingerprint density at radius 1 is 0.524 bits per heavy atom. The van der Waals surface area contributed by atoms with Crippen molar-refractivity contribution < 1.29 is 44.4 Å². The predicted octanol–water partition coefficient (Wildman–Crippen LogP) is 8.74. The molecule has 0 fully saturated rings. The Labute approximate surface area is 273 Å². The number of aliphatic carboxylic acids is 2. The summed E-state index contributed by atoms with van der Waals surface area (Å²) in [4.78, 5) is 20.4. The Kier molecular flexibility index (Phi) is 43.8. The van der Waals surface area contributed by atoms with Gasteiger partial charge in [-0.3, -0.25) is 0 Å². The smallest absolute Gasteiger partial charge is 0.550 e. The van der Waals surface area contributed by atoms with E-state index in [0.717, 1.165) is 70.6 Å². The first-order valence-electron chi connectivity index (χ1n) is 17.7. The second kappa shape index (κ2) is 40.3. The number of rotatable bonds is 31. The summed E-state index contributed by atoms with van der Waals surface area (Å²) in [6.45, 7) is 4.46. The number of unbranched alkanes of at least 4 members (excludes halogenated alkanes) is 22. The SMILES string of the molecule is CCCCCCCCCCCCCCCCCC(=O)[O-].CCCCCC[C@@H](O)C/C=C\CCCCCCCC(=O)[O-].[Zn+2]. The van der Waals surface area contributed by atoms with Crippen LogP contribution in [0.4, 0.5) is 0 Å². The first-order valence-corrected chi connectivity index (χ1v) is 17.7. The van der Waals surface area contributed by atoms with Gasteiger partial charge in [-0.25, -0.2) is 0 Å².